The first-order valence-corrected chi connectivity index (χ1v) is 17.3. The average Bonchev–Trinajstić information content (AvgIpc) is 3.76. The first-order valence-electron chi connectivity index (χ1n) is 17.3. The molecular formula is C46H30N6. The maximum absolute atomic E-state index is 5.18. The Morgan fingerprint density at radius 3 is 1.31 bits per heavy atom. The highest BCUT2D eigenvalue weighted by Crippen LogP contribution is 2.35. The van der Waals surface area contributed by atoms with Crippen molar-refractivity contribution in [2.75, 3.05) is 0 Å². The Balaban J connectivity index is 1.11. The molecule has 10 rings (SSSR count). The Kier molecular flexibility index (Phi) is 7.03. The second kappa shape index (κ2) is 12.3. The highest BCUT2D eigenvalue weighted by atomic mass is 15.2. The summed E-state index contributed by atoms with van der Waals surface area (Å²) in [7, 11) is 0. The molecule has 3 aromatic heterocycles. The molecule has 0 aliphatic carbocycles. The van der Waals surface area contributed by atoms with Crippen LogP contribution < -0.4 is 0 Å². The van der Waals surface area contributed by atoms with Gasteiger partial charge in [-0.05, 0) is 58.7 Å². The molecule has 0 spiro atoms. The van der Waals surface area contributed by atoms with E-state index in [4.69, 9.17) is 19.9 Å². The molecule has 10 aromatic rings. The van der Waals surface area contributed by atoms with Gasteiger partial charge in [-0.25, -0.2) is 19.9 Å². The molecule has 0 N–H and O–H groups in total. The highest BCUT2D eigenvalue weighted by molar-refractivity contribution is 5.95. The normalized spacial score (nSPS) is 11.5. The van der Waals surface area contributed by atoms with Gasteiger partial charge >= 0.3 is 0 Å². The highest BCUT2D eigenvalue weighted by Gasteiger charge is 2.19. The summed E-state index contributed by atoms with van der Waals surface area (Å²) in [6.07, 6.45) is 0. The number of fused-ring (bicyclic) bond motifs is 5. The Labute approximate surface area is 300 Å². The second-order valence-corrected chi connectivity index (χ2v) is 12.8. The van der Waals surface area contributed by atoms with Crippen LogP contribution in [0.1, 0.15) is 0 Å². The predicted octanol–water partition coefficient (Wildman–Crippen LogP) is 11.0. The van der Waals surface area contributed by atoms with Crippen molar-refractivity contribution in [1.82, 2.24) is 28.9 Å². The first-order chi connectivity index (χ1) is 25.8. The fourth-order valence-corrected chi connectivity index (χ4v) is 7.02. The molecule has 0 bridgehead atoms. The molecule has 0 radical (unpaired) electrons. The summed E-state index contributed by atoms with van der Waals surface area (Å²) in [6, 6.07) is 62.8. The Morgan fingerprint density at radius 2 is 0.731 bits per heavy atom. The van der Waals surface area contributed by atoms with Crippen LogP contribution in [0.3, 0.4) is 0 Å². The van der Waals surface area contributed by atoms with Crippen molar-refractivity contribution < 1.29 is 0 Å². The lowest BCUT2D eigenvalue weighted by Crippen LogP contribution is -2.00. The molecule has 0 aliphatic heterocycles. The molecule has 6 nitrogen and oxygen atoms in total. The average molecular weight is 667 g/mol. The van der Waals surface area contributed by atoms with Gasteiger partial charge < -0.3 is 0 Å². The zero-order valence-corrected chi connectivity index (χ0v) is 28.0. The van der Waals surface area contributed by atoms with Gasteiger partial charge in [-0.15, -0.1) is 0 Å². The van der Waals surface area contributed by atoms with Crippen LogP contribution in [0, 0.1) is 0 Å². The van der Waals surface area contributed by atoms with Crippen LogP contribution in [0.4, 0.5) is 0 Å². The van der Waals surface area contributed by atoms with Crippen LogP contribution in [0.25, 0.3) is 89.9 Å². The molecule has 3 heterocycles. The molecule has 0 amide bonds. The van der Waals surface area contributed by atoms with Crippen LogP contribution in [0.5, 0.6) is 0 Å². The summed E-state index contributed by atoms with van der Waals surface area (Å²) in [5, 5.41) is 0. The largest absolute Gasteiger partial charge is 0.278 e. The fraction of sp³-hybridized carbons (Fsp3) is 0. The topological polar surface area (TPSA) is 60.9 Å². The summed E-state index contributed by atoms with van der Waals surface area (Å²) in [5.41, 5.74) is 12.6. The third-order valence-electron chi connectivity index (χ3n) is 9.59. The number of nitrogens with zero attached hydrogens (tertiary/aromatic N) is 6. The van der Waals surface area contributed by atoms with Crippen molar-refractivity contribution >= 4 is 27.8 Å². The molecule has 0 atom stereocenters. The molecule has 52 heavy (non-hydrogen) atoms. The molecule has 6 heteroatoms. The molecule has 244 valence electrons. The van der Waals surface area contributed by atoms with Gasteiger partial charge in [0.05, 0.1) is 22.1 Å². The molecule has 0 unspecified atom stereocenters. The van der Waals surface area contributed by atoms with E-state index in [-0.39, 0.29) is 0 Å². The smallest absolute Gasteiger partial charge is 0.220 e. The predicted molar refractivity (Wildman–Crippen MR) is 210 cm³/mol. The van der Waals surface area contributed by atoms with E-state index < -0.39 is 0 Å². The minimum absolute atomic E-state index is 0.635. The van der Waals surface area contributed by atoms with E-state index in [1.54, 1.807) is 0 Å². The maximum atomic E-state index is 5.18. The lowest BCUT2D eigenvalue weighted by Gasteiger charge is -2.09. The van der Waals surface area contributed by atoms with Gasteiger partial charge in [0.25, 0.3) is 0 Å². The lowest BCUT2D eigenvalue weighted by atomic mass is 10.0. The van der Waals surface area contributed by atoms with Crippen LogP contribution in [-0.4, -0.2) is 28.9 Å². The Hall–Kier alpha value is -7.18. The summed E-state index contributed by atoms with van der Waals surface area (Å²) in [5.74, 6) is 2.81. The molecule has 7 aromatic carbocycles. The minimum atomic E-state index is 0.635. The number of hydrogen-bond acceptors (Lipinski definition) is 4. The standard InChI is InChI=1S/C46H30N6/c1-5-13-31(14-6-1)36-25-27-39-41(29-36)52-42-30-37(26-28-40(42)51(46(52)47-39)38-19-11-4-12-20-38)32-21-23-35(24-22-32)45-49-43(33-15-7-2-8-16-33)48-44(50-45)34-17-9-3-10-18-34/h1-30H. The van der Waals surface area contributed by atoms with Crippen LogP contribution in [-0.2, 0) is 0 Å². The fourth-order valence-electron chi connectivity index (χ4n) is 7.02. The summed E-state index contributed by atoms with van der Waals surface area (Å²) >= 11 is 0. The Bertz CT molecular complexity index is 2800. The lowest BCUT2D eigenvalue weighted by molar-refractivity contribution is 1.07. The van der Waals surface area contributed by atoms with Gasteiger partial charge in [-0.3, -0.25) is 8.97 Å². The zero-order valence-electron chi connectivity index (χ0n) is 28.0. The third kappa shape index (κ3) is 5.13. The van der Waals surface area contributed by atoms with Crippen molar-refractivity contribution in [3.05, 3.63) is 182 Å². The third-order valence-corrected chi connectivity index (χ3v) is 9.59. The molecule has 0 saturated carbocycles. The SMILES string of the molecule is c1ccc(-c2ccc3nc4n(-c5ccccc5)c5ccc(-c6ccc(-c7nc(-c8ccccc8)nc(-c8ccccc8)n7)cc6)cc5n4c3c2)cc1. The van der Waals surface area contributed by atoms with Crippen molar-refractivity contribution in [3.63, 3.8) is 0 Å². The monoisotopic (exact) mass is 666 g/mol. The number of rotatable bonds is 6. The number of imidazole rings is 2. The van der Waals surface area contributed by atoms with Crippen molar-refractivity contribution in [2.24, 2.45) is 0 Å². The van der Waals surface area contributed by atoms with Gasteiger partial charge in [-0.2, -0.15) is 0 Å². The van der Waals surface area contributed by atoms with E-state index in [2.05, 4.69) is 124 Å². The first kappa shape index (κ1) is 29.7. The zero-order chi connectivity index (χ0) is 34.4. The van der Waals surface area contributed by atoms with Gasteiger partial charge in [0.1, 0.15) is 0 Å². The number of para-hydroxylation sites is 1. The minimum Gasteiger partial charge on any atom is -0.278 e. The van der Waals surface area contributed by atoms with Gasteiger partial charge in [0, 0.05) is 22.4 Å². The van der Waals surface area contributed by atoms with Crippen LogP contribution in [0.15, 0.2) is 182 Å². The van der Waals surface area contributed by atoms with Crippen LogP contribution >= 0.6 is 0 Å². The van der Waals surface area contributed by atoms with Crippen molar-refractivity contribution in [2.45, 2.75) is 0 Å². The summed E-state index contributed by atoms with van der Waals surface area (Å²) in [6.45, 7) is 0. The molecule has 0 saturated heterocycles. The molecule has 0 aliphatic rings. The van der Waals surface area contributed by atoms with Gasteiger partial charge in [0.2, 0.25) is 5.78 Å². The van der Waals surface area contributed by atoms with Crippen LogP contribution in [0.2, 0.25) is 0 Å². The van der Waals surface area contributed by atoms with Crippen molar-refractivity contribution in [1.29, 1.82) is 0 Å². The van der Waals surface area contributed by atoms with E-state index >= 15 is 0 Å². The van der Waals surface area contributed by atoms with Crippen molar-refractivity contribution in [3.8, 4) is 62.1 Å². The molecule has 0 fully saturated rings. The maximum Gasteiger partial charge on any atom is 0.220 e. The van der Waals surface area contributed by atoms with E-state index in [1.165, 1.54) is 5.56 Å². The van der Waals surface area contributed by atoms with E-state index in [1.807, 2.05) is 66.7 Å². The number of hydrogen-bond donors (Lipinski definition) is 0. The van der Waals surface area contributed by atoms with Gasteiger partial charge in [-0.1, -0.05) is 146 Å². The molecular weight excluding hydrogens is 637 g/mol. The van der Waals surface area contributed by atoms with E-state index in [0.717, 1.165) is 66.9 Å². The van der Waals surface area contributed by atoms with E-state index in [9.17, 15) is 0 Å². The van der Waals surface area contributed by atoms with Gasteiger partial charge in [0.15, 0.2) is 17.5 Å². The Morgan fingerprint density at radius 1 is 0.308 bits per heavy atom. The summed E-state index contributed by atoms with van der Waals surface area (Å²) in [4.78, 5) is 19.9. The quantitative estimate of drug-likeness (QED) is 0.177. The summed E-state index contributed by atoms with van der Waals surface area (Å²) < 4.78 is 4.54. The second-order valence-electron chi connectivity index (χ2n) is 12.8. The number of benzene rings is 7. The van der Waals surface area contributed by atoms with E-state index in [0.29, 0.717) is 17.5 Å². The number of aromatic nitrogens is 6.